The molecule has 1 aromatic rings. The molecular formula is C26H44O5P2. The number of allylic oxidation sites excluding steroid dienone is 2. The summed E-state index contributed by atoms with van der Waals surface area (Å²) in [4.78, 5) is 0. The quantitative estimate of drug-likeness (QED) is 0.164. The summed E-state index contributed by atoms with van der Waals surface area (Å²) in [6, 6.07) is 4.04. The molecular weight excluding hydrogens is 454 g/mol. The van der Waals surface area contributed by atoms with E-state index in [0.29, 0.717) is 11.5 Å². The van der Waals surface area contributed by atoms with Gasteiger partial charge < -0.3 is 13.6 Å². The summed E-state index contributed by atoms with van der Waals surface area (Å²) >= 11 is 0. The molecule has 7 heteroatoms. The van der Waals surface area contributed by atoms with E-state index in [0.717, 1.165) is 43.2 Å². The SMILES string of the molecule is CCCCCCC(C)(C)c1cc(OP(C)(C)=O)c(C2C=C(C)CCC2)c(OP(C)(=O)OC)c1. The number of hydrogen-bond acceptors (Lipinski definition) is 5. The molecule has 0 aliphatic heterocycles. The van der Waals surface area contributed by atoms with Gasteiger partial charge in [-0.05, 0) is 55.7 Å². The van der Waals surface area contributed by atoms with Crippen LogP contribution >= 0.6 is 15.0 Å². The van der Waals surface area contributed by atoms with Gasteiger partial charge in [0.2, 0.25) is 7.37 Å². The molecule has 5 nitrogen and oxygen atoms in total. The minimum absolute atomic E-state index is 0.0499. The van der Waals surface area contributed by atoms with E-state index in [-0.39, 0.29) is 11.3 Å². The lowest BCUT2D eigenvalue weighted by molar-refractivity contribution is 0.326. The minimum Gasteiger partial charge on any atom is -0.443 e. The highest BCUT2D eigenvalue weighted by atomic mass is 31.2. The summed E-state index contributed by atoms with van der Waals surface area (Å²) in [6.07, 6.45) is 11.1. The Kier molecular flexibility index (Phi) is 9.93. The molecule has 0 saturated heterocycles. The van der Waals surface area contributed by atoms with Crippen LogP contribution in [0.2, 0.25) is 0 Å². The predicted octanol–water partition coefficient (Wildman–Crippen LogP) is 8.91. The van der Waals surface area contributed by atoms with Crippen LogP contribution in [-0.2, 0) is 19.1 Å². The van der Waals surface area contributed by atoms with Gasteiger partial charge in [0, 0.05) is 38.6 Å². The van der Waals surface area contributed by atoms with E-state index in [1.165, 1.54) is 38.6 Å². The molecule has 2 unspecified atom stereocenters. The second kappa shape index (κ2) is 11.6. The molecule has 0 spiro atoms. The van der Waals surface area contributed by atoms with E-state index in [2.05, 4.69) is 33.8 Å². The Morgan fingerprint density at radius 2 is 1.67 bits per heavy atom. The Labute approximate surface area is 201 Å². The Morgan fingerprint density at radius 1 is 1.03 bits per heavy atom. The summed E-state index contributed by atoms with van der Waals surface area (Å²) in [6.45, 7) is 13.5. The number of unbranched alkanes of at least 4 members (excludes halogenated alkanes) is 3. The van der Waals surface area contributed by atoms with Crippen LogP contribution in [0.15, 0.2) is 23.8 Å². The first-order valence-corrected chi connectivity index (χ1v) is 16.7. The molecule has 2 atom stereocenters. The molecule has 0 heterocycles. The first-order valence-electron chi connectivity index (χ1n) is 12.2. The standard InChI is InChI=1S/C26H44O5P2/c1-9-10-11-12-16-26(3,4)22-18-23(30-32(6,7)27)25(21-15-13-14-20(2)17-21)24(19-22)31-33(8,28)29-5/h17-19,21H,9-16H2,1-8H3. The van der Waals surface area contributed by atoms with Gasteiger partial charge in [0.25, 0.3) is 0 Å². The van der Waals surface area contributed by atoms with E-state index in [1.807, 2.05) is 12.1 Å². The van der Waals surface area contributed by atoms with Gasteiger partial charge in [-0.2, -0.15) is 0 Å². The number of hydrogen-bond donors (Lipinski definition) is 0. The highest BCUT2D eigenvalue weighted by Gasteiger charge is 2.31. The molecule has 0 aromatic heterocycles. The lowest BCUT2D eigenvalue weighted by Gasteiger charge is -2.31. The van der Waals surface area contributed by atoms with Crippen LogP contribution < -0.4 is 9.05 Å². The van der Waals surface area contributed by atoms with E-state index in [9.17, 15) is 9.13 Å². The van der Waals surface area contributed by atoms with Gasteiger partial charge in [-0.3, -0.25) is 4.57 Å². The fourth-order valence-electron chi connectivity index (χ4n) is 4.44. The molecule has 2 rings (SSSR count). The van der Waals surface area contributed by atoms with Crippen LogP contribution in [0.25, 0.3) is 0 Å². The van der Waals surface area contributed by atoms with Gasteiger partial charge in [-0.25, -0.2) is 4.57 Å². The zero-order valence-electron chi connectivity index (χ0n) is 21.9. The zero-order valence-corrected chi connectivity index (χ0v) is 23.7. The second-order valence-electron chi connectivity index (χ2n) is 10.5. The normalized spacial score (nSPS) is 19.0. The summed E-state index contributed by atoms with van der Waals surface area (Å²) < 4.78 is 43.0. The van der Waals surface area contributed by atoms with Gasteiger partial charge >= 0.3 is 7.60 Å². The molecule has 0 amide bonds. The lowest BCUT2D eigenvalue weighted by atomic mass is 9.78. The predicted molar refractivity (Wildman–Crippen MR) is 140 cm³/mol. The molecule has 1 aliphatic carbocycles. The molecule has 0 N–H and O–H groups in total. The lowest BCUT2D eigenvalue weighted by Crippen LogP contribution is -2.18. The van der Waals surface area contributed by atoms with Gasteiger partial charge in [0.05, 0.1) is 0 Å². The van der Waals surface area contributed by atoms with Crippen molar-refractivity contribution in [2.24, 2.45) is 0 Å². The van der Waals surface area contributed by atoms with Gasteiger partial charge in [0.1, 0.15) is 11.5 Å². The van der Waals surface area contributed by atoms with Crippen LogP contribution in [-0.4, -0.2) is 27.1 Å². The minimum atomic E-state index is -3.31. The highest BCUT2D eigenvalue weighted by molar-refractivity contribution is 7.57. The molecule has 0 fully saturated rings. The van der Waals surface area contributed by atoms with Crippen molar-refractivity contribution in [3.63, 3.8) is 0 Å². The van der Waals surface area contributed by atoms with E-state index < -0.39 is 15.0 Å². The first kappa shape index (κ1) is 28.2. The fraction of sp³-hybridized carbons (Fsp3) is 0.692. The van der Waals surface area contributed by atoms with Crippen LogP contribution in [0.5, 0.6) is 11.5 Å². The molecule has 1 aromatic carbocycles. The van der Waals surface area contributed by atoms with Crippen LogP contribution in [0.1, 0.15) is 96.1 Å². The Bertz CT molecular complexity index is 929. The summed E-state index contributed by atoms with van der Waals surface area (Å²) in [5.41, 5.74) is 3.03. The van der Waals surface area contributed by atoms with Gasteiger partial charge in [0.15, 0.2) is 0 Å². The first-order chi connectivity index (χ1) is 15.3. The van der Waals surface area contributed by atoms with Gasteiger partial charge in [-0.15, -0.1) is 0 Å². The maximum Gasteiger partial charge on any atom is 0.375 e. The topological polar surface area (TPSA) is 61.8 Å². The van der Waals surface area contributed by atoms with Crippen LogP contribution in [0.3, 0.4) is 0 Å². The largest absolute Gasteiger partial charge is 0.443 e. The Morgan fingerprint density at radius 3 is 2.21 bits per heavy atom. The third kappa shape index (κ3) is 8.61. The van der Waals surface area contributed by atoms with Crippen molar-refractivity contribution in [3.05, 3.63) is 34.9 Å². The maximum absolute atomic E-state index is 12.9. The molecule has 0 radical (unpaired) electrons. The van der Waals surface area contributed by atoms with E-state index >= 15 is 0 Å². The number of benzene rings is 1. The van der Waals surface area contributed by atoms with Crippen molar-refractivity contribution in [1.82, 2.24) is 0 Å². The van der Waals surface area contributed by atoms with Crippen molar-refractivity contribution in [3.8, 4) is 11.5 Å². The van der Waals surface area contributed by atoms with Crippen molar-refractivity contribution >= 4 is 15.0 Å². The molecule has 33 heavy (non-hydrogen) atoms. The second-order valence-corrected chi connectivity index (χ2v) is 15.3. The average molecular weight is 499 g/mol. The zero-order chi connectivity index (χ0) is 24.9. The van der Waals surface area contributed by atoms with E-state index in [1.54, 1.807) is 13.3 Å². The summed E-state index contributed by atoms with van der Waals surface area (Å²) in [5.74, 6) is 1.14. The van der Waals surface area contributed by atoms with Crippen LogP contribution in [0.4, 0.5) is 0 Å². The van der Waals surface area contributed by atoms with Crippen LogP contribution in [0, 0.1) is 0 Å². The van der Waals surface area contributed by atoms with E-state index in [4.69, 9.17) is 13.6 Å². The Balaban J connectivity index is 2.66. The molecule has 1 aliphatic rings. The third-order valence-electron chi connectivity index (χ3n) is 6.40. The van der Waals surface area contributed by atoms with Crippen molar-refractivity contribution in [2.45, 2.75) is 90.4 Å². The van der Waals surface area contributed by atoms with Crippen molar-refractivity contribution < 1.29 is 22.7 Å². The van der Waals surface area contributed by atoms with Crippen molar-refractivity contribution in [1.29, 1.82) is 0 Å². The van der Waals surface area contributed by atoms with Crippen molar-refractivity contribution in [2.75, 3.05) is 27.1 Å². The van der Waals surface area contributed by atoms with Gasteiger partial charge in [-0.1, -0.05) is 58.1 Å². The fourth-order valence-corrected chi connectivity index (χ4v) is 5.65. The number of rotatable bonds is 12. The molecule has 188 valence electrons. The monoisotopic (exact) mass is 498 g/mol. The smallest absolute Gasteiger partial charge is 0.375 e. The maximum atomic E-state index is 12.9. The molecule has 0 bridgehead atoms. The average Bonchev–Trinajstić information content (AvgIpc) is 2.69. The highest BCUT2D eigenvalue weighted by Crippen LogP contribution is 2.53. The Hall–Kier alpha value is -1.02. The third-order valence-corrected chi connectivity index (χ3v) is 8.23. The summed E-state index contributed by atoms with van der Waals surface area (Å²) in [7, 11) is -4.75. The summed E-state index contributed by atoms with van der Waals surface area (Å²) in [5, 5.41) is 0. The molecule has 0 saturated carbocycles.